The topological polar surface area (TPSA) is 38.3 Å². The van der Waals surface area contributed by atoms with Crippen molar-refractivity contribution in [1.82, 2.24) is 5.32 Å². The van der Waals surface area contributed by atoms with Crippen LogP contribution >= 0.6 is 12.6 Å². The van der Waals surface area contributed by atoms with E-state index in [0.717, 1.165) is 16.9 Å². The molecule has 4 heteroatoms. The Bertz CT molecular complexity index is 401. The summed E-state index contributed by atoms with van der Waals surface area (Å²) in [6.07, 6.45) is 1.34. The number of nitrogens with one attached hydrogen (secondary N) is 1. The molecule has 0 aliphatic rings. The Balaban J connectivity index is 2.37. The van der Waals surface area contributed by atoms with Crippen molar-refractivity contribution >= 4 is 18.5 Å². The van der Waals surface area contributed by atoms with Gasteiger partial charge in [0.15, 0.2) is 0 Å². The minimum Gasteiger partial charge on any atom is -0.385 e. The molecule has 0 saturated carbocycles. The normalized spacial score (nSPS) is 11.4. The average molecular weight is 281 g/mol. The number of hydrogen-bond donors (Lipinski definition) is 2. The van der Waals surface area contributed by atoms with Gasteiger partial charge in [0.05, 0.1) is 6.42 Å². The van der Waals surface area contributed by atoms with Gasteiger partial charge in [0.25, 0.3) is 0 Å². The molecule has 1 rings (SSSR count). The second-order valence-corrected chi connectivity index (χ2v) is 6.04. The lowest BCUT2D eigenvalue weighted by molar-refractivity contribution is -0.120. The van der Waals surface area contributed by atoms with E-state index in [-0.39, 0.29) is 11.3 Å². The fraction of sp³-hybridized carbons (Fsp3) is 0.533. The van der Waals surface area contributed by atoms with Gasteiger partial charge in [0, 0.05) is 25.2 Å². The summed E-state index contributed by atoms with van der Waals surface area (Å²) < 4.78 is 5.07. The SMILES string of the molecule is COCCC(C)(C)CNC(=O)Cc1ccc(S)cc1. The van der Waals surface area contributed by atoms with Crippen LogP contribution in [0.25, 0.3) is 0 Å². The second kappa shape index (κ2) is 7.56. The number of benzene rings is 1. The number of methoxy groups -OCH3 is 1. The smallest absolute Gasteiger partial charge is 0.224 e. The highest BCUT2D eigenvalue weighted by Crippen LogP contribution is 2.18. The van der Waals surface area contributed by atoms with Crippen molar-refractivity contribution in [3.8, 4) is 0 Å². The zero-order valence-corrected chi connectivity index (χ0v) is 12.8. The van der Waals surface area contributed by atoms with Crippen molar-refractivity contribution in [3.63, 3.8) is 0 Å². The van der Waals surface area contributed by atoms with Gasteiger partial charge in [-0.15, -0.1) is 12.6 Å². The van der Waals surface area contributed by atoms with Gasteiger partial charge >= 0.3 is 0 Å². The minimum absolute atomic E-state index is 0.0532. The summed E-state index contributed by atoms with van der Waals surface area (Å²) in [6.45, 7) is 5.64. The quantitative estimate of drug-likeness (QED) is 0.754. The first-order valence-electron chi connectivity index (χ1n) is 6.46. The fourth-order valence-corrected chi connectivity index (χ4v) is 1.82. The molecule has 0 spiro atoms. The maximum Gasteiger partial charge on any atom is 0.224 e. The third-order valence-electron chi connectivity index (χ3n) is 3.05. The summed E-state index contributed by atoms with van der Waals surface area (Å²) in [4.78, 5) is 12.8. The first kappa shape index (κ1) is 16.1. The van der Waals surface area contributed by atoms with Gasteiger partial charge in [-0.2, -0.15) is 0 Å². The van der Waals surface area contributed by atoms with E-state index >= 15 is 0 Å². The molecule has 1 aromatic carbocycles. The van der Waals surface area contributed by atoms with Crippen LogP contribution in [0.3, 0.4) is 0 Å². The van der Waals surface area contributed by atoms with Crippen LogP contribution in [0.4, 0.5) is 0 Å². The van der Waals surface area contributed by atoms with Crippen LogP contribution in [0.2, 0.25) is 0 Å². The monoisotopic (exact) mass is 281 g/mol. The molecule has 1 N–H and O–H groups in total. The second-order valence-electron chi connectivity index (χ2n) is 5.53. The van der Waals surface area contributed by atoms with Gasteiger partial charge < -0.3 is 10.1 Å². The Morgan fingerprint density at radius 2 is 1.95 bits per heavy atom. The largest absolute Gasteiger partial charge is 0.385 e. The van der Waals surface area contributed by atoms with Crippen LogP contribution in [-0.2, 0) is 16.0 Å². The van der Waals surface area contributed by atoms with Crippen LogP contribution in [0, 0.1) is 5.41 Å². The molecule has 0 atom stereocenters. The number of rotatable bonds is 7. The molecule has 1 amide bonds. The van der Waals surface area contributed by atoms with Gasteiger partial charge in [0.2, 0.25) is 5.91 Å². The zero-order chi connectivity index (χ0) is 14.3. The van der Waals surface area contributed by atoms with Gasteiger partial charge in [0.1, 0.15) is 0 Å². The lowest BCUT2D eigenvalue weighted by atomic mass is 9.89. The van der Waals surface area contributed by atoms with E-state index in [0.29, 0.717) is 19.6 Å². The van der Waals surface area contributed by atoms with Gasteiger partial charge in [-0.05, 0) is 29.5 Å². The highest BCUT2D eigenvalue weighted by Gasteiger charge is 2.18. The van der Waals surface area contributed by atoms with Crippen LogP contribution in [-0.4, -0.2) is 26.2 Å². The summed E-state index contributed by atoms with van der Waals surface area (Å²) in [5, 5.41) is 2.98. The molecule has 0 aromatic heterocycles. The first-order chi connectivity index (χ1) is 8.93. The summed E-state index contributed by atoms with van der Waals surface area (Å²) >= 11 is 4.22. The summed E-state index contributed by atoms with van der Waals surface area (Å²) in [6, 6.07) is 7.65. The Morgan fingerprint density at radius 3 is 2.53 bits per heavy atom. The Hall–Kier alpha value is -1.00. The molecule has 0 aliphatic carbocycles. The molecule has 0 bridgehead atoms. The predicted octanol–water partition coefficient (Wildman–Crippen LogP) is 2.70. The number of amides is 1. The highest BCUT2D eigenvalue weighted by atomic mass is 32.1. The average Bonchev–Trinajstić information content (AvgIpc) is 2.37. The Labute approximate surface area is 121 Å². The third kappa shape index (κ3) is 6.64. The van der Waals surface area contributed by atoms with E-state index in [1.165, 1.54) is 0 Å². The van der Waals surface area contributed by atoms with Crippen LogP contribution in [0.1, 0.15) is 25.8 Å². The number of carbonyl (C=O) groups excluding carboxylic acids is 1. The van der Waals surface area contributed by atoms with Gasteiger partial charge in [-0.3, -0.25) is 4.79 Å². The van der Waals surface area contributed by atoms with Gasteiger partial charge in [-0.25, -0.2) is 0 Å². The molecule has 0 saturated heterocycles. The standard InChI is InChI=1S/C15H23NO2S/c1-15(2,8-9-18-3)11-16-14(17)10-12-4-6-13(19)7-5-12/h4-7,19H,8-11H2,1-3H3,(H,16,17). The molecule has 1 aromatic rings. The van der Waals surface area contributed by atoms with E-state index in [9.17, 15) is 4.79 Å². The fourth-order valence-electron chi connectivity index (χ4n) is 1.67. The molecule has 106 valence electrons. The zero-order valence-electron chi connectivity index (χ0n) is 11.9. The molecule has 0 heterocycles. The molecule has 0 fully saturated rings. The first-order valence-corrected chi connectivity index (χ1v) is 6.91. The van der Waals surface area contributed by atoms with E-state index in [1.54, 1.807) is 7.11 Å². The van der Waals surface area contributed by atoms with Crippen molar-refractivity contribution in [1.29, 1.82) is 0 Å². The molecule has 3 nitrogen and oxygen atoms in total. The summed E-state index contributed by atoms with van der Waals surface area (Å²) in [5.74, 6) is 0.0532. The van der Waals surface area contributed by atoms with Crippen LogP contribution in [0.15, 0.2) is 29.2 Å². The van der Waals surface area contributed by atoms with Crippen LogP contribution in [0.5, 0.6) is 0 Å². The summed E-state index contributed by atoms with van der Waals surface area (Å²) in [7, 11) is 1.69. The molecule has 0 unspecified atom stereocenters. The number of thiol groups is 1. The molecule has 0 aliphatic heterocycles. The third-order valence-corrected chi connectivity index (χ3v) is 3.35. The van der Waals surface area contributed by atoms with Crippen molar-refractivity contribution in [2.24, 2.45) is 5.41 Å². The minimum atomic E-state index is 0.0532. The Morgan fingerprint density at radius 1 is 1.32 bits per heavy atom. The maximum atomic E-state index is 11.9. The molecular formula is C15H23NO2S. The maximum absolute atomic E-state index is 11.9. The molecule has 19 heavy (non-hydrogen) atoms. The van der Waals surface area contributed by atoms with E-state index in [4.69, 9.17) is 4.74 Å². The molecule has 0 radical (unpaired) electrons. The lowest BCUT2D eigenvalue weighted by Crippen LogP contribution is -2.35. The van der Waals surface area contributed by atoms with Crippen molar-refractivity contribution < 1.29 is 9.53 Å². The van der Waals surface area contributed by atoms with Crippen molar-refractivity contribution in [3.05, 3.63) is 29.8 Å². The van der Waals surface area contributed by atoms with Crippen molar-refractivity contribution in [2.75, 3.05) is 20.3 Å². The van der Waals surface area contributed by atoms with E-state index in [1.807, 2.05) is 24.3 Å². The highest BCUT2D eigenvalue weighted by molar-refractivity contribution is 7.80. The summed E-state index contributed by atoms with van der Waals surface area (Å²) in [5.41, 5.74) is 1.06. The van der Waals surface area contributed by atoms with Crippen LogP contribution < -0.4 is 5.32 Å². The van der Waals surface area contributed by atoms with E-state index in [2.05, 4.69) is 31.8 Å². The number of ether oxygens (including phenoxy) is 1. The predicted molar refractivity (Wildman–Crippen MR) is 80.7 cm³/mol. The van der Waals surface area contributed by atoms with E-state index < -0.39 is 0 Å². The molecular weight excluding hydrogens is 258 g/mol. The van der Waals surface area contributed by atoms with Crippen molar-refractivity contribution in [2.45, 2.75) is 31.6 Å². The number of carbonyl (C=O) groups is 1. The van der Waals surface area contributed by atoms with Gasteiger partial charge in [-0.1, -0.05) is 26.0 Å². The Kier molecular flexibility index (Phi) is 6.38. The lowest BCUT2D eigenvalue weighted by Gasteiger charge is -2.24. The number of hydrogen-bond acceptors (Lipinski definition) is 3.